The molecule has 1 aliphatic rings. The SMILES string of the molecule is COc1ccc(C(=O)OCC(=O)N2CCN(c3ccccc3OC)CC2)c(OC)c1. The van der Waals surface area contributed by atoms with E-state index >= 15 is 0 Å². The topological polar surface area (TPSA) is 77.5 Å². The number of para-hydroxylation sites is 2. The number of carbonyl (C=O) groups excluding carboxylic acids is 2. The lowest BCUT2D eigenvalue weighted by Gasteiger charge is -2.36. The minimum atomic E-state index is -0.615. The number of amides is 1. The lowest BCUT2D eigenvalue weighted by Crippen LogP contribution is -2.50. The van der Waals surface area contributed by atoms with Crippen LogP contribution >= 0.6 is 0 Å². The molecule has 2 aromatic carbocycles. The van der Waals surface area contributed by atoms with Crippen molar-refractivity contribution in [1.82, 2.24) is 4.90 Å². The number of anilines is 1. The van der Waals surface area contributed by atoms with Crippen LogP contribution < -0.4 is 19.1 Å². The number of hydrogen-bond acceptors (Lipinski definition) is 7. The van der Waals surface area contributed by atoms with Gasteiger partial charge < -0.3 is 28.7 Å². The van der Waals surface area contributed by atoms with E-state index in [4.69, 9.17) is 18.9 Å². The van der Waals surface area contributed by atoms with Gasteiger partial charge in [-0.05, 0) is 24.3 Å². The van der Waals surface area contributed by atoms with Crippen molar-refractivity contribution in [2.75, 3.05) is 59.0 Å². The van der Waals surface area contributed by atoms with Crippen LogP contribution in [0.25, 0.3) is 0 Å². The minimum absolute atomic E-state index is 0.226. The average molecular weight is 414 g/mol. The van der Waals surface area contributed by atoms with Crippen molar-refractivity contribution in [1.29, 1.82) is 0 Å². The number of hydrogen-bond donors (Lipinski definition) is 0. The third-order valence-corrected chi connectivity index (χ3v) is 5.01. The molecule has 0 aliphatic carbocycles. The molecule has 0 atom stereocenters. The van der Waals surface area contributed by atoms with Gasteiger partial charge in [0.2, 0.25) is 0 Å². The average Bonchev–Trinajstić information content (AvgIpc) is 2.81. The summed E-state index contributed by atoms with van der Waals surface area (Å²) in [5.41, 5.74) is 1.25. The van der Waals surface area contributed by atoms with Crippen LogP contribution in [0.3, 0.4) is 0 Å². The molecular weight excluding hydrogens is 388 g/mol. The second-order valence-electron chi connectivity index (χ2n) is 6.68. The third-order valence-electron chi connectivity index (χ3n) is 5.01. The summed E-state index contributed by atoms with van der Waals surface area (Å²) in [5, 5.41) is 0. The fraction of sp³-hybridized carbons (Fsp3) is 0.364. The number of rotatable bonds is 7. The van der Waals surface area contributed by atoms with E-state index in [1.165, 1.54) is 14.2 Å². The van der Waals surface area contributed by atoms with Crippen LogP contribution in [-0.2, 0) is 9.53 Å². The molecule has 160 valence electrons. The van der Waals surface area contributed by atoms with Gasteiger partial charge in [-0.25, -0.2) is 4.79 Å². The highest BCUT2D eigenvalue weighted by Crippen LogP contribution is 2.28. The van der Waals surface area contributed by atoms with E-state index in [1.54, 1.807) is 30.2 Å². The molecule has 1 aliphatic heterocycles. The van der Waals surface area contributed by atoms with Crippen LogP contribution in [0, 0.1) is 0 Å². The highest BCUT2D eigenvalue weighted by molar-refractivity contribution is 5.94. The predicted octanol–water partition coefficient (Wildman–Crippen LogP) is 2.22. The number of nitrogens with zero attached hydrogens (tertiary/aromatic N) is 2. The van der Waals surface area contributed by atoms with Crippen molar-refractivity contribution in [2.45, 2.75) is 0 Å². The van der Waals surface area contributed by atoms with Gasteiger partial charge in [0.25, 0.3) is 5.91 Å². The van der Waals surface area contributed by atoms with Gasteiger partial charge in [-0.15, -0.1) is 0 Å². The zero-order chi connectivity index (χ0) is 21.5. The molecule has 30 heavy (non-hydrogen) atoms. The molecule has 1 amide bonds. The zero-order valence-corrected chi connectivity index (χ0v) is 17.4. The van der Waals surface area contributed by atoms with Crippen molar-refractivity contribution in [3.05, 3.63) is 48.0 Å². The van der Waals surface area contributed by atoms with E-state index in [0.29, 0.717) is 37.7 Å². The second-order valence-corrected chi connectivity index (χ2v) is 6.68. The van der Waals surface area contributed by atoms with Gasteiger partial charge in [0.15, 0.2) is 6.61 Å². The molecule has 0 N–H and O–H groups in total. The summed E-state index contributed by atoms with van der Waals surface area (Å²) in [6.07, 6.45) is 0. The monoisotopic (exact) mass is 414 g/mol. The Morgan fingerprint density at radius 2 is 1.57 bits per heavy atom. The van der Waals surface area contributed by atoms with Gasteiger partial charge in [0.1, 0.15) is 22.8 Å². The Labute approximate surface area is 175 Å². The van der Waals surface area contributed by atoms with Crippen molar-refractivity contribution in [3.63, 3.8) is 0 Å². The summed E-state index contributed by atoms with van der Waals surface area (Å²) in [6, 6.07) is 12.6. The van der Waals surface area contributed by atoms with Crippen LogP contribution in [0.4, 0.5) is 5.69 Å². The van der Waals surface area contributed by atoms with Crippen LogP contribution in [-0.4, -0.2) is 70.9 Å². The Morgan fingerprint density at radius 1 is 0.867 bits per heavy atom. The molecule has 0 spiro atoms. The molecule has 1 fully saturated rings. The van der Waals surface area contributed by atoms with Crippen molar-refractivity contribution < 1.29 is 28.5 Å². The number of benzene rings is 2. The summed E-state index contributed by atoms with van der Waals surface area (Å²) in [7, 11) is 4.63. The first-order valence-electron chi connectivity index (χ1n) is 9.62. The van der Waals surface area contributed by atoms with Crippen LogP contribution in [0.5, 0.6) is 17.2 Å². The van der Waals surface area contributed by atoms with E-state index in [-0.39, 0.29) is 18.1 Å². The number of carbonyl (C=O) groups is 2. The van der Waals surface area contributed by atoms with Crippen molar-refractivity contribution in [3.8, 4) is 17.2 Å². The highest BCUT2D eigenvalue weighted by atomic mass is 16.5. The third kappa shape index (κ3) is 4.76. The lowest BCUT2D eigenvalue weighted by molar-refractivity contribution is -0.134. The number of ether oxygens (including phenoxy) is 4. The fourth-order valence-corrected chi connectivity index (χ4v) is 3.35. The first kappa shape index (κ1) is 21.3. The van der Waals surface area contributed by atoms with E-state index in [2.05, 4.69) is 4.90 Å². The quantitative estimate of drug-likeness (QED) is 0.643. The molecule has 8 nitrogen and oxygen atoms in total. The minimum Gasteiger partial charge on any atom is -0.497 e. The van der Waals surface area contributed by atoms with Crippen LogP contribution in [0.1, 0.15) is 10.4 Å². The maximum Gasteiger partial charge on any atom is 0.342 e. The molecule has 1 saturated heterocycles. The molecule has 0 radical (unpaired) electrons. The molecular formula is C22H26N2O6. The van der Waals surface area contributed by atoms with Crippen LogP contribution in [0.15, 0.2) is 42.5 Å². The normalized spacial score (nSPS) is 13.6. The van der Waals surface area contributed by atoms with Gasteiger partial charge in [-0.3, -0.25) is 4.79 Å². The van der Waals surface area contributed by atoms with Crippen LogP contribution in [0.2, 0.25) is 0 Å². The molecule has 1 heterocycles. The van der Waals surface area contributed by atoms with Gasteiger partial charge in [-0.2, -0.15) is 0 Å². The Kier molecular flexibility index (Phi) is 7.00. The summed E-state index contributed by atoms with van der Waals surface area (Å²) >= 11 is 0. The molecule has 2 aromatic rings. The summed E-state index contributed by atoms with van der Waals surface area (Å²) in [4.78, 5) is 28.8. The van der Waals surface area contributed by atoms with Gasteiger partial charge in [0.05, 0.1) is 27.0 Å². The van der Waals surface area contributed by atoms with E-state index in [0.717, 1.165) is 11.4 Å². The van der Waals surface area contributed by atoms with Gasteiger partial charge >= 0.3 is 5.97 Å². The molecule has 8 heteroatoms. The Bertz CT molecular complexity index is 893. The van der Waals surface area contributed by atoms with Gasteiger partial charge in [-0.1, -0.05) is 12.1 Å². The molecule has 0 saturated carbocycles. The fourth-order valence-electron chi connectivity index (χ4n) is 3.35. The maximum atomic E-state index is 12.5. The maximum absolute atomic E-state index is 12.5. The smallest absolute Gasteiger partial charge is 0.342 e. The largest absolute Gasteiger partial charge is 0.497 e. The van der Waals surface area contributed by atoms with Crippen molar-refractivity contribution in [2.24, 2.45) is 0 Å². The molecule has 0 unspecified atom stereocenters. The number of piperazine rings is 1. The first-order valence-corrected chi connectivity index (χ1v) is 9.62. The summed E-state index contributed by atoms with van der Waals surface area (Å²) in [6.45, 7) is 2.11. The molecule has 0 bridgehead atoms. The van der Waals surface area contributed by atoms with E-state index < -0.39 is 5.97 Å². The first-order chi connectivity index (χ1) is 14.6. The standard InChI is InChI=1S/C22H26N2O6/c1-27-16-8-9-17(20(14-16)29-3)22(26)30-15-21(25)24-12-10-23(11-13-24)18-6-4-5-7-19(18)28-2/h4-9,14H,10-13,15H2,1-3H3. The van der Waals surface area contributed by atoms with E-state index in [1.807, 2.05) is 24.3 Å². The number of methoxy groups -OCH3 is 3. The number of esters is 1. The molecule has 0 aromatic heterocycles. The van der Waals surface area contributed by atoms with Crippen molar-refractivity contribution >= 4 is 17.6 Å². The Balaban J connectivity index is 1.53. The Hall–Kier alpha value is -3.42. The summed E-state index contributed by atoms with van der Waals surface area (Å²) in [5.74, 6) is 0.857. The van der Waals surface area contributed by atoms with E-state index in [9.17, 15) is 9.59 Å². The molecule has 3 rings (SSSR count). The predicted molar refractivity (Wildman–Crippen MR) is 112 cm³/mol. The van der Waals surface area contributed by atoms with Gasteiger partial charge in [0, 0.05) is 32.2 Å². The zero-order valence-electron chi connectivity index (χ0n) is 17.4. The second kappa shape index (κ2) is 9.87. The Morgan fingerprint density at radius 3 is 2.23 bits per heavy atom. The summed E-state index contributed by atoms with van der Waals surface area (Å²) < 4.78 is 21.0. The lowest BCUT2D eigenvalue weighted by atomic mass is 10.2. The highest BCUT2D eigenvalue weighted by Gasteiger charge is 2.24.